The third-order valence-electron chi connectivity index (χ3n) is 5.43. The quantitative estimate of drug-likeness (QED) is 0.769. The number of ketones is 1. The number of rotatable bonds is 4. The molecule has 3 rings (SSSR count). The van der Waals surface area contributed by atoms with Gasteiger partial charge in [-0.3, -0.25) is 9.69 Å². The zero-order valence-corrected chi connectivity index (χ0v) is 13.1. The topological polar surface area (TPSA) is 20.3 Å². The molecule has 1 saturated heterocycles. The fourth-order valence-corrected chi connectivity index (χ4v) is 4.42. The second kappa shape index (κ2) is 6.74. The van der Waals surface area contributed by atoms with Gasteiger partial charge in [-0.25, -0.2) is 0 Å². The molecular weight excluding hydrogens is 258 g/mol. The predicted octanol–water partition coefficient (Wildman–Crippen LogP) is 4.30. The van der Waals surface area contributed by atoms with Crippen LogP contribution in [-0.4, -0.2) is 29.3 Å². The van der Waals surface area contributed by atoms with E-state index in [-0.39, 0.29) is 6.04 Å². The minimum Gasteiger partial charge on any atom is -0.292 e. The van der Waals surface area contributed by atoms with Crippen LogP contribution >= 0.6 is 0 Å². The number of nitrogens with zero attached hydrogens (tertiary/aromatic N) is 1. The van der Waals surface area contributed by atoms with Crippen molar-refractivity contribution < 1.29 is 4.79 Å². The van der Waals surface area contributed by atoms with Gasteiger partial charge in [-0.2, -0.15) is 0 Å². The van der Waals surface area contributed by atoms with Crippen molar-refractivity contribution in [1.29, 1.82) is 0 Å². The largest absolute Gasteiger partial charge is 0.292 e. The van der Waals surface area contributed by atoms with Gasteiger partial charge in [0.2, 0.25) is 0 Å². The van der Waals surface area contributed by atoms with Crippen molar-refractivity contribution in [2.24, 2.45) is 5.92 Å². The molecular formula is C19H27NO. The summed E-state index contributed by atoms with van der Waals surface area (Å²) < 4.78 is 0. The third kappa shape index (κ3) is 3.06. The van der Waals surface area contributed by atoms with Gasteiger partial charge in [0.15, 0.2) is 5.78 Å². The van der Waals surface area contributed by atoms with Crippen molar-refractivity contribution in [3.63, 3.8) is 0 Å². The molecule has 0 radical (unpaired) electrons. The molecule has 1 unspecified atom stereocenters. The van der Waals surface area contributed by atoms with Crippen molar-refractivity contribution >= 4 is 5.78 Å². The summed E-state index contributed by atoms with van der Waals surface area (Å²) in [6, 6.07) is 10.6. The summed E-state index contributed by atoms with van der Waals surface area (Å²) in [6.45, 7) is 3.27. The number of Topliss-reactive ketones (excluding diaryl/α,β-unsaturated/α-hetero) is 1. The third-order valence-corrected chi connectivity index (χ3v) is 5.43. The first-order valence-electron chi connectivity index (χ1n) is 8.66. The second-order valence-electron chi connectivity index (χ2n) is 6.65. The highest BCUT2D eigenvalue weighted by atomic mass is 16.1. The van der Waals surface area contributed by atoms with E-state index in [2.05, 4.69) is 11.8 Å². The maximum absolute atomic E-state index is 12.9. The van der Waals surface area contributed by atoms with Crippen LogP contribution in [0.1, 0.15) is 62.2 Å². The lowest BCUT2D eigenvalue weighted by Crippen LogP contribution is -2.53. The molecule has 0 bridgehead atoms. The van der Waals surface area contributed by atoms with Crippen LogP contribution in [0.5, 0.6) is 0 Å². The Bertz CT molecular complexity index is 468. The van der Waals surface area contributed by atoms with Crippen LogP contribution in [-0.2, 0) is 0 Å². The predicted molar refractivity (Wildman–Crippen MR) is 86.5 cm³/mol. The zero-order chi connectivity index (χ0) is 14.7. The molecule has 2 fully saturated rings. The number of benzene rings is 1. The average Bonchev–Trinajstić information content (AvgIpc) is 2.56. The Morgan fingerprint density at radius 2 is 1.86 bits per heavy atom. The van der Waals surface area contributed by atoms with Gasteiger partial charge in [0.25, 0.3) is 0 Å². The van der Waals surface area contributed by atoms with Crippen molar-refractivity contribution in [3.05, 3.63) is 35.9 Å². The van der Waals surface area contributed by atoms with Gasteiger partial charge in [-0.1, -0.05) is 50.1 Å². The number of carbonyl (C=O) groups excluding carboxylic acids is 1. The van der Waals surface area contributed by atoms with E-state index in [1.807, 2.05) is 30.3 Å². The summed E-state index contributed by atoms with van der Waals surface area (Å²) in [6.07, 6.45) is 8.96. The van der Waals surface area contributed by atoms with E-state index in [1.165, 1.54) is 38.5 Å². The van der Waals surface area contributed by atoms with E-state index in [0.717, 1.165) is 24.4 Å². The van der Waals surface area contributed by atoms with Gasteiger partial charge in [0.1, 0.15) is 0 Å². The van der Waals surface area contributed by atoms with Crippen molar-refractivity contribution in [3.8, 4) is 0 Å². The Hall–Kier alpha value is -1.15. The van der Waals surface area contributed by atoms with Crippen LogP contribution < -0.4 is 0 Å². The Morgan fingerprint density at radius 3 is 2.62 bits per heavy atom. The van der Waals surface area contributed by atoms with Crippen LogP contribution in [0.2, 0.25) is 0 Å². The summed E-state index contributed by atoms with van der Waals surface area (Å²) in [5.74, 6) is 1.16. The number of piperidine rings is 1. The highest BCUT2D eigenvalue weighted by molar-refractivity contribution is 6.00. The van der Waals surface area contributed by atoms with Crippen molar-refractivity contribution in [2.45, 2.75) is 64.0 Å². The van der Waals surface area contributed by atoms with E-state index in [9.17, 15) is 4.79 Å². The Kier molecular flexibility index (Phi) is 4.74. The van der Waals surface area contributed by atoms with E-state index in [1.54, 1.807) is 0 Å². The first kappa shape index (κ1) is 14.8. The molecule has 2 heteroatoms. The van der Waals surface area contributed by atoms with Gasteiger partial charge in [0.05, 0.1) is 6.04 Å². The maximum Gasteiger partial charge on any atom is 0.179 e. The lowest BCUT2D eigenvalue weighted by Gasteiger charge is -2.47. The first-order chi connectivity index (χ1) is 10.3. The fraction of sp³-hybridized carbons (Fsp3) is 0.632. The lowest BCUT2D eigenvalue weighted by atomic mass is 9.77. The van der Waals surface area contributed by atoms with Crippen LogP contribution in [0.15, 0.2) is 30.3 Å². The highest BCUT2D eigenvalue weighted by Crippen LogP contribution is 2.37. The molecule has 2 nitrogen and oxygen atoms in total. The number of carbonyl (C=O) groups is 1. The molecule has 0 spiro atoms. The van der Waals surface area contributed by atoms with Crippen LogP contribution in [0, 0.1) is 5.92 Å². The molecule has 21 heavy (non-hydrogen) atoms. The zero-order valence-electron chi connectivity index (χ0n) is 13.1. The van der Waals surface area contributed by atoms with Gasteiger partial charge in [-0.15, -0.1) is 0 Å². The van der Waals surface area contributed by atoms with Crippen molar-refractivity contribution in [1.82, 2.24) is 4.90 Å². The molecule has 1 aliphatic carbocycles. The molecule has 3 atom stereocenters. The number of hydrogen-bond donors (Lipinski definition) is 0. The smallest absolute Gasteiger partial charge is 0.179 e. The Balaban J connectivity index is 1.80. The number of likely N-dealkylation sites (tertiary alicyclic amines) is 1. The molecule has 0 amide bonds. The monoisotopic (exact) mass is 285 g/mol. The molecule has 0 N–H and O–H groups in total. The number of hydrogen-bond acceptors (Lipinski definition) is 2. The standard InChI is InChI=1S/C19H27NO/c1-2-17(19(21)16-10-4-3-5-11-16)20-14-8-12-15-9-6-7-13-18(15)20/h3-5,10-11,15,17-18H,2,6-9,12-14H2,1H3/t15-,17?,18-/m1/s1. The summed E-state index contributed by atoms with van der Waals surface area (Å²) in [7, 11) is 0. The van der Waals surface area contributed by atoms with Gasteiger partial charge < -0.3 is 0 Å². The van der Waals surface area contributed by atoms with Gasteiger partial charge in [0, 0.05) is 11.6 Å². The molecule has 1 aliphatic heterocycles. The molecule has 0 aromatic heterocycles. The highest BCUT2D eigenvalue weighted by Gasteiger charge is 2.38. The average molecular weight is 285 g/mol. The number of fused-ring (bicyclic) bond motifs is 1. The molecule has 1 aromatic rings. The van der Waals surface area contributed by atoms with Crippen molar-refractivity contribution in [2.75, 3.05) is 6.54 Å². The van der Waals surface area contributed by atoms with Crippen LogP contribution in [0.3, 0.4) is 0 Å². The van der Waals surface area contributed by atoms with Crippen LogP contribution in [0.4, 0.5) is 0 Å². The summed E-state index contributed by atoms with van der Waals surface area (Å²) in [5, 5.41) is 0. The minimum atomic E-state index is 0.0818. The summed E-state index contributed by atoms with van der Waals surface area (Å²) >= 11 is 0. The second-order valence-corrected chi connectivity index (χ2v) is 6.65. The van der Waals surface area contributed by atoms with Gasteiger partial charge in [-0.05, 0) is 44.6 Å². The Morgan fingerprint density at radius 1 is 1.14 bits per heavy atom. The van der Waals surface area contributed by atoms with E-state index < -0.39 is 0 Å². The maximum atomic E-state index is 12.9. The Labute approximate surface area is 128 Å². The fourth-order valence-electron chi connectivity index (χ4n) is 4.42. The van der Waals surface area contributed by atoms with E-state index in [4.69, 9.17) is 0 Å². The van der Waals surface area contributed by atoms with E-state index >= 15 is 0 Å². The lowest BCUT2D eigenvalue weighted by molar-refractivity contribution is 0.0241. The molecule has 2 aliphatic rings. The van der Waals surface area contributed by atoms with Gasteiger partial charge >= 0.3 is 0 Å². The molecule has 1 aromatic carbocycles. The van der Waals surface area contributed by atoms with E-state index in [0.29, 0.717) is 11.8 Å². The molecule has 114 valence electrons. The SMILES string of the molecule is CCC(C(=O)c1ccccc1)N1CCC[C@H]2CCCC[C@H]21. The summed E-state index contributed by atoms with van der Waals surface area (Å²) in [4.78, 5) is 15.5. The van der Waals surface area contributed by atoms with Crippen LogP contribution in [0.25, 0.3) is 0 Å². The first-order valence-corrected chi connectivity index (χ1v) is 8.66. The summed E-state index contributed by atoms with van der Waals surface area (Å²) in [5.41, 5.74) is 0.877. The minimum absolute atomic E-state index is 0.0818. The molecule has 1 saturated carbocycles. The molecule has 1 heterocycles. The normalized spacial score (nSPS) is 27.9.